The first kappa shape index (κ1) is 25.0. The standard InChI is InChI=1S/C42H31BN2O/c1-3-12-26(13-4-1)27-24-35-40-36(25-27)45-41-29(30-22-23-38-39(42(30)45)31-16-7-10-21-37(31)46-38)17-11-19-33(41)43(40)32-18-8-9-20-34(32)44(35)28-14-5-2-6-15-28/h2,5-11,14-26H,1,3-4,12-13H2. The van der Waals surface area contributed by atoms with Crippen LogP contribution in [0, 0.1) is 0 Å². The molecule has 0 radical (unpaired) electrons. The Morgan fingerprint density at radius 3 is 2.22 bits per heavy atom. The average Bonchev–Trinajstić information content (AvgIpc) is 3.67. The van der Waals surface area contributed by atoms with Gasteiger partial charge in [-0.05, 0) is 89.2 Å². The van der Waals surface area contributed by atoms with Gasteiger partial charge in [-0.1, -0.05) is 92.1 Å². The van der Waals surface area contributed by atoms with Crippen LogP contribution >= 0.6 is 0 Å². The summed E-state index contributed by atoms with van der Waals surface area (Å²) in [4.78, 5) is 2.54. The molecule has 8 aromatic rings. The maximum absolute atomic E-state index is 6.49. The van der Waals surface area contributed by atoms with Gasteiger partial charge < -0.3 is 13.9 Å². The van der Waals surface area contributed by atoms with Gasteiger partial charge in [-0.15, -0.1) is 0 Å². The van der Waals surface area contributed by atoms with Crippen molar-refractivity contribution in [3.63, 3.8) is 0 Å². The van der Waals surface area contributed by atoms with Crippen molar-refractivity contribution in [2.75, 3.05) is 4.90 Å². The van der Waals surface area contributed by atoms with Gasteiger partial charge >= 0.3 is 0 Å². The highest BCUT2D eigenvalue weighted by Gasteiger charge is 2.42. The van der Waals surface area contributed by atoms with Gasteiger partial charge in [0, 0.05) is 44.4 Å². The molecule has 0 amide bonds. The van der Waals surface area contributed by atoms with E-state index in [4.69, 9.17) is 4.42 Å². The summed E-state index contributed by atoms with van der Waals surface area (Å²) in [5.74, 6) is 0.577. The molecule has 0 atom stereocenters. The van der Waals surface area contributed by atoms with E-state index < -0.39 is 0 Å². The summed E-state index contributed by atoms with van der Waals surface area (Å²) in [5.41, 5.74) is 15.3. The molecule has 11 rings (SSSR count). The van der Waals surface area contributed by atoms with E-state index in [0.29, 0.717) is 5.92 Å². The predicted octanol–water partition coefficient (Wildman–Crippen LogP) is 9.34. The zero-order valence-corrected chi connectivity index (χ0v) is 25.5. The molecule has 0 bridgehead atoms. The molecular formula is C42H31BN2O. The van der Waals surface area contributed by atoms with Crippen LogP contribution in [0.15, 0.2) is 126 Å². The lowest BCUT2D eigenvalue weighted by atomic mass is 9.33. The minimum Gasteiger partial charge on any atom is -0.456 e. The van der Waals surface area contributed by atoms with E-state index >= 15 is 0 Å². The zero-order chi connectivity index (χ0) is 29.9. The quantitative estimate of drug-likeness (QED) is 0.187. The number of hydrogen-bond donors (Lipinski definition) is 0. The second-order valence-corrected chi connectivity index (χ2v) is 13.5. The van der Waals surface area contributed by atoms with Crippen molar-refractivity contribution in [3.05, 3.63) is 127 Å². The molecule has 6 aromatic carbocycles. The van der Waals surface area contributed by atoms with Crippen LogP contribution in [-0.4, -0.2) is 11.3 Å². The normalized spacial score (nSPS) is 15.7. The number of anilines is 3. The van der Waals surface area contributed by atoms with E-state index in [1.54, 1.807) is 0 Å². The predicted molar refractivity (Wildman–Crippen MR) is 193 cm³/mol. The molecule has 3 aliphatic rings. The summed E-state index contributed by atoms with van der Waals surface area (Å²) in [6.07, 6.45) is 6.50. The van der Waals surface area contributed by atoms with Crippen LogP contribution in [0.3, 0.4) is 0 Å². The lowest BCUT2D eigenvalue weighted by molar-refractivity contribution is 0.443. The monoisotopic (exact) mass is 590 g/mol. The number of nitrogens with zero attached hydrogens (tertiary/aromatic N) is 2. The smallest absolute Gasteiger partial charge is 0.252 e. The molecule has 1 fully saturated rings. The minimum atomic E-state index is 0.152. The van der Waals surface area contributed by atoms with Crippen LogP contribution in [0.1, 0.15) is 43.6 Å². The largest absolute Gasteiger partial charge is 0.456 e. The van der Waals surface area contributed by atoms with Gasteiger partial charge in [-0.2, -0.15) is 0 Å². The number of aromatic nitrogens is 1. The van der Waals surface area contributed by atoms with Crippen LogP contribution in [0.5, 0.6) is 0 Å². The summed E-state index contributed by atoms with van der Waals surface area (Å²) in [5, 5.41) is 5.00. The van der Waals surface area contributed by atoms with Crippen LogP contribution < -0.4 is 21.3 Å². The fourth-order valence-electron chi connectivity index (χ4n) is 9.24. The van der Waals surface area contributed by atoms with Gasteiger partial charge in [0.25, 0.3) is 6.71 Å². The molecule has 1 saturated carbocycles. The van der Waals surface area contributed by atoms with Crippen molar-refractivity contribution in [2.45, 2.75) is 38.0 Å². The minimum absolute atomic E-state index is 0.152. The van der Waals surface area contributed by atoms with Gasteiger partial charge in [-0.25, -0.2) is 0 Å². The van der Waals surface area contributed by atoms with Gasteiger partial charge in [0.15, 0.2) is 0 Å². The molecular weight excluding hydrogens is 559 g/mol. The lowest BCUT2D eigenvalue weighted by Crippen LogP contribution is -2.60. The first-order chi connectivity index (χ1) is 22.8. The second-order valence-electron chi connectivity index (χ2n) is 13.5. The van der Waals surface area contributed by atoms with E-state index in [1.165, 1.54) is 109 Å². The molecule has 2 aromatic heterocycles. The maximum Gasteiger partial charge on any atom is 0.252 e. The van der Waals surface area contributed by atoms with E-state index in [-0.39, 0.29) is 6.71 Å². The van der Waals surface area contributed by atoms with Gasteiger partial charge in [0.1, 0.15) is 11.2 Å². The van der Waals surface area contributed by atoms with Crippen molar-refractivity contribution in [3.8, 4) is 5.69 Å². The van der Waals surface area contributed by atoms with E-state index in [9.17, 15) is 0 Å². The summed E-state index contributed by atoms with van der Waals surface area (Å²) in [7, 11) is 0. The van der Waals surface area contributed by atoms with Crippen LogP contribution in [-0.2, 0) is 0 Å². The van der Waals surface area contributed by atoms with E-state index in [0.717, 1.165) is 11.2 Å². The first-order valence-corrected chi connectivity index (χ1v) is 16.8. The van der Waals surface area contributed by atoms with Gasteiger partial charge in [-0.3, -0.25) is 0 Å². The third-order valence-corrected chi connectivity index (χ3v) is 11.1. The summed E-state index contributed by atoms with van der Waals surface area (Å²) >= 11 is 0. The highest BCUT2D eigenvalue weighted by atomic mass is 16.3. The Bertz CT molecular complexity index is 2540. The molecule has 218 valence electrons. The molecule has 0 spiro atoms. The molecule has 4 heterocycles. The van der Waals surface area contributed by atoms with E-state index in [1.807, 2.05) is 0 Å². The fourth-order valence-corrected chi connectivity index (χ4v) is 9.24. The lowest BCUT2D eigenvalue weighted by Gasteiger charge is -2.41. The topological polar surface area (TPSA) is 21.3 Å². The molecule has 0 saturated heterocycles. The summed E-state index contributed by atoms with van der Waals surface area (Å²) in [6.45, 7) is 0.152. The van der Waals surface area contributed by atoms with E-state index in [2.05, 4.69) is 131 Å². The number of para-hydroxylation sites is 4. The molecule has 0 N–H and O–H groups in total. The van der Waals surface area contributed by atoms with Crippen LogP contribution in [0.25, 0.3) is 49.4 Å². The molecule has 3 nitrogen and oxygen atoms in total. The highest BCUT2D eigenvalue weighted by molar-refractivity contribution is 7.00. The number of furan rings is 1. The summed E-state index contributed by atoms with van der Waals surface area (Å²) in [6, 6.07) is 45.2. The molecule has 1 aliphatic carbocycles. The van der Waals surface area contributed by atoms with Crippen LogP contribution in [0.4, 0.5) is 17.1 Å². The van der Waals surface area contributed by atoms with Crippen molar-refractivity contribution in [2.24, 2.45) is 0 Å². The van der Waals surface area contributed by atoms with Crippen LogP contribution in [0.2, 0.25) is 0 Å². The number of hydrogen-bond acceptors (Lipinski definition) is 2. The van der Waals surface area contributed by atoms with Crippen molar-refractivity contribution in [1.29, 1.82) is 0 Å². The Kier molecular flexibility index (Phi) is 4.99. The van der Waals surface area contributed by atoms with Crippen molar-refractivity contribution in [1.82, 2.24) is 4.57 Å². The summed E-state index contributed by atoms with van der Waals surface area (Å²) < 4.78 is 9.12. The fraction of sp³-hybridized carbons (Fsp3) is 0.143. The second kappa shape index (κ2) is 9.17. The number of fused-ring (bicyclic) bond motifs is 11. The van der Waals surface area contributed by atoms with Crippen molar-refractivity contribution >= 4 is 83.9 Å². The highest BCUT2D eigenvalue weighted by Crippen LogP contribution is 2.46. The number of benzene rings is 6. The Hall–Kier alpha value is -5.22. The SMILES string of the molecule is c1ccc(N2c3ccccc3B3c4c2cc(C2CCCCC2)cc4-n2c4c3cccc4c3ccc4oc5ccccc5c4c32)cc1. The van der Waals surface area contributed by atoms with Gasteiger partial charge in [0.2, 0.25) is 0 Å². The zero-order valence-electron chi connectivity index (χ0n) is 25.5. The Morgan fingerprint density at radius 1 is 0.565 bits per heavy atom. The van der Waals surface area contributed by atoms with Crippen molar-refractivity contribution < 1.29 is 4.42 Å². The Labute approximate surface area is 267 Å². The molecule has 46 heavy (non-hydrogen) atoms. The maximum atomic E-state index is 6.49. The Balaban J connectivity index is 1.35. The molecule has 0 unspecified atom stereocenters. The van der Waals surface area contributed by atoms with Gasteiger partial charge in [0.05, 0.1) is 10.9 Å². The molecule has 2 aliphatic heterocycles. The number of rotatable bonds is 2. The first-order valence-electron chi connectivity index (χ1n) is 16.8. The average molecular weight is 591 g/mol. The third-order valence-electron chi connectivity index (χ3n) is 11.1. The Morgan fingerprint density at radius 2 is 1.30 bits per heavy atom. The third kappa shape index (κ3) is 3.19. The molecule has 4 heteroatoms.